The Kier molecular flexibility index (Phi) is 6.43. The van der Waals surface area contributed by atoms with Crippen molar-refractivity contribution in [2.24, 2.45) is 0 Å². The summed E-state index contributed by atoms with van der Waals surface area (Å²) in [5.41, 5.74) is 1.72. The maximum atomic E-state index is 12.8. The Hall–Kier alpha value is -2.76. The Morgan fingerprint density at radius 2 is 1.70 bits per heavy atom. The van der Waals surface area contributed by atoms with Crippen LogP contribution in [0, 0.1) is 0 Å². The molecule has 2 aromatic carbocycles. The highest BCUT2D eigenvalue weighted by Gasteiger charge is 2.21. The lowest BCUT2D eigenvalue weighted by molar-refractivity contribution is 0.0949. The molecule has 5 rings (SSSR count). The van der Waals surface area contributed by atoms with Gasteiger partial charge in [0, 0.05) is 44.0 Å². The van der Waals surface area contributed by atoms with Crippen LogP contribution < -0.4 is 15.5 Å². The zero-order valence-electron chi connectivity index (χ0n) is 16.9. The number of halogens is 1. The highest BCUT2D eigenvalue weighted by atomic mass is 35.5. The van der Waals surface area contributed by atoms with E-state index < -0.39 is 0 Å². The van der Waals surface area contributed by atoms with Gasteiger partial charge in [-0.1, -0.05) is 23.9 Å². The van der Waals surface area contributed by atoms with Gasteiger partial charge in [-0.05, 0) is 42.1 Å². The highest BCUT2D eigenvalue weighted by Crippen LogP contribution is 2.39. The summed E-state index contributed by atoms with van der Waals surface area (Å²) in [4.78, 5) is 40.4. The zero-order valence-corrected chi connectivity index (χ0v) is 20.1. The topological polar surface area (TPSA) is 96.0 Å². The molecule has 4 aromatic rings. The second-order valence-electron chi connectivity index (χ2n) is 7.02. The molecule has 0 bridgehead atoms. The van der Waals surface area contributed by atoms with Crippen LogP contribution in [0.1, 0.15) is 30.5 Å². The maximum absolute atomic E-state index is 12.8. The Balaban J connectivity index is 1.26. The van der Waals surface area contributed by atoms with Gasteiger partial charge in [-0.3, -0.25) is 9.59 Å². The van der Waals surface area contributed by atoms with Crippen LogP contribution in [0.25, 0.3) is 10.0 Å². The summed E-state index contributed by atoms with van der Waals surface area (Å²) in [6, 6.07) is 12.8. The first-order valence-electron chi connectivity index (χ1n) is 9.84. The SMILES string of the molecule is O=C(NCc1cnc(-c2ncc(CNCl)s2)s1)c1ccc2c(c1)NC(=O)c1ccccc1S2. The normalized spacial score (nSPS) is 12.5. The van der Waals surface area contributed by atoms with Gasteiger partial charge in [-0.2, -0.15) is 0 Å². The van der Waals surface area contributed by atoms with E-state index in [9.17, 15) is 9.59 Å². The number of anilines is 1. The molecule has 2 amide bonds. The van der Waals surface area contributed by atoms with E-state index in [0.717, 1.165) is 29.6 Å². The molecule has 1 aliphatic rings. The Morgan fingerprint density at radius 3 is 2.45 bits per heavy atom. The molecule has 3 N–H and O–H groups in total. The number of carbonyl (C=O) groups excluding carboxylic acids is 2. The molecular weight excluding hydrogens is 498 g/mol. The number of amides is 2. The van der Waals surface area contributed by atoms with Gasteiger partial charge in [-0.25, -0.2) is 14.8 Å². The molecule has 0 unspecified atom stereocenters. The van der Waals surface area contributed by atoms with Gasteiger partial charge in [-0.15, -0.1) is 22.7 Å². The van der Waals surface area contributed by atoms with E-state index in [1.807, 2.05) is 24.3 Å². The fourth-order valence-electron chi connectivity index (χ4n) is 3.22. The quantitative estimate of drug-likeness (QED) is 0.308. The van der Waals surface area contributed by atoms with Crippen molar-refractivity contribution < 1.29 is 9.59 Å². The summed E-state index contributed by atoms with van der Waals surface area (Å²) in [7, 11) is 0. The predicted octanol–water partition coefficient (Wildman–Crippen LogP) is 5.16. The average Bonchev–Trinajstić information content (AvgIpc) is 3.46. The van der Waals surface area contributed by atoms with Gasteiger partial charge in [0.1, 0.15) is 0 Å². The molecule has 2 aromatic heterocycles. The Labute approximate surface area is 206 Å². The van der Waals surface area contributed by atoms with Crippen LogP contribution in [0.15, 0.2) is 64.6 Å². The molecule has 1 aliphatic heterocycles. The molecule has 0 radical (unpaired) electrons. The molecule has 7 nitrogen and oxygen atoms in total. The van der Waals surface area contributed by atoms with E-state index in [1.54, 1.807) is 30.6 Å². The molecule has 166 valence electrons. The third-order valence-corrected chi connectivity index (χ3v) is 8.22. The number of thiazole rings is 2. The van der Waals surface area contributed by atoms with E-state index in [1.165, 1.54) is 34.4 Å². The van der Waals surface area contributed by atoms with E-state index in [-0.39, 0.29) is 11.8 Å². The van der Waals surface area contributed by atoms with Crippen LogP contribution in [-0.2, 0) is 13.1 Å². The Morgan fingerprint density at radius 1 is 0.970 bits per heavy atom. The van der Waals surface area contributed by atoms with Crippen molar-refractivity contribution in [1.82, 2.24) is 20.1 Å². The molecule has 0 fully saturated rings. The van der Waals surface area contributed by atoms with Crippen LogP contribution in [0.5, 0.6) is 0 Å². The summed E-state index contributed by atoms with van der Waals surface area (Å²) in [5, 5.41) is 7.46. The van der Waals surface area contributed by atoms with Crippen molar-refractivity contribution in [3.8, 4) is 10.0 Å². The number of benzene rings is 2. The minimum absolute atomic E-state index is 0.182. The van der Waals surface area contributed by atoms with Gasteiger partial charge in [0.05, 0.1) is 17.8 Å². The average molecular weight is 514 g/mol. The first kappa shape index (κ1) is 22.1. The molecular formula is C22H16ClN5O2S3. The number of hydrogen-bond donors (Lipinski definition) is 3. The smallest absolute Gasteiger partial charge is 0.256 e. The summed E-state index contributed by atoms with van der Waals surface area (Å²) in [6.07, 6.45) is 3.51. The van der Waals surface area contributed by atoms with Gasteiger partial charge < -0.3 is 10.6 Å². The first-order chi connectivity index (χ1) is 16.1. The van der Waals surface area contributed by atoms with E-state index in [2.05, 4.69) is 25.4 Å². The van der Waals surface area contributed by atoms with Gasteiger partial charge in [0.25, 0.3) is 11.8 Å². The standard InChI is InChI=1S/C22H16ClN5O2S3/c23-27-11-14-10-26-22(32-14)21-25-9-13(31-21)8-24-19(29)12-5-6-18-16(7-12)28-20(30)15-3-1-2-4-17(15)33-18/h1-7,9-10,27H,8,11H2,(H,24,29)(H,28,30). The van der Waals surface area contributed by atoms with Crippen molar-refractivity contribution in [1.29, 1.82) is 0 Å². The third kappa shape index (κ3) is 4.80. The molecule has 0 spiro atoms. The minimum atomic E-state index is -0.224. The van der Waals surface area contributed by atoms with Gasteiger partial charge >= 0.3 is 0 Å². The summed E-state index contributed by atoms with van der Waals surface area (Å²) >= 11 is 10.1. The summed E-state index contributed by atoms with van der Waals surface area (Å²) < 4.78 is 0. The molecule has 11 heteroatoms. The fourth-order valence-corrected chi connectivity index (χ4v) is 6.19. The summed E-state index contributed by atoms with van der Waals surface area (Å²) in [6.45, 7) is 0.890. The first-order valence-corrected chi connectivity index (χ1v) is 12.7. The molecule has 0 saturated heterocycles. The van der Waals surface area contributed by atoms with Crippen molar-refractivity contribution in [3.63, 3.8) is 0 Å². The second-order valence-corrected chi connectivity index (χ2v) is 10.6. The molecule has 0 aliphatic carbocycles. The van der Waals surface area contributed by atoms with Crippen LogP contribution in [-0.4, -0.2) is 21.8 Å². The number of nitrogens with zero attached hydrogens (tertiary/aromatic N) is 2. The molecule has 33 heavy (non-hydrogen) atoms. The van der Waals surface area contributed by atoms with E-state index in [0.29, 0.717) is 29.9 Å². The summed E-state index contributed by atoms with van der Waals surface area (Å²) in [5.74, 6) is -0.405. The molecule has 0 atom stereocenters. The molecule has 0 saturated carbocycles. The van der Waals surface area contributed by atoms with Crippen molar-refractivity contribution in [2.75, 3.05) is 5.32 Å². The van der Waals surface area contributed by atoms with Crippen molar-refractivity contribution in [2.45, 2.75) is 22.9 Å². The largest absolute Gasteiger partial charge is 0.347 e. The number of nitrogens with one attached hydrogen (secondary N) is 3. The van der Waals surface area contributed by atoms with Crippen LogP contribution in [0.2, 0.25) is 0 Å². The number of fused-ring (bicyclic) bond motifs is 2. The molecule has 3 heterocycles. The maximum Gasteiger partial charge on any atom is 0.256 e. The number of carbonyl (C=O) groups is 2. The third-order valence-electron chi connectivity index (χ3n) is 4.80. The van der Waals surface area contributed by atoms with Crippen LogP contribution in [0.3, 0.4) is 0 Å². The number of aromatic nitrogens is 2. The van der Waals surface area contributed by atoms with Crippen molar-refractivity contribution >= 4 is 63.7 Å². The minimum Gasteiger partial charge on any atom is -0.347 e. The zero-order chi connectivity index (χ0) is 22.8. The monoisotopic (exact) mass is 513 g/mol. The van der Waals surface area contributed by atoms with Crippen LogP contribution in [0.4, 0.5) is 5.69 Å². The number of rotatable bonds is 6. The highest BCUT2D eigenvalue weighted by molar-refractivity contribution is 7.99. The van der Waals surface area contributed by atoms with E-state index in [4.69, 9.17) is 11.8 Å². The lowest BCUT2D eigenvalue weighted by Crippen LogP contribution is -2.22. The van der Waals surface area contributed by atoms with Gasteiger partial charge in [0.2, 0.25) is 0 Å². The Bertz CT molecular complexity index is 1350. The fraction of sp³-hybridized carbons (Fsp3) is 0.0909. The van der Waals surface area contributed by atoms with Gasteiger partial charge in [0.15, 0.2) is 10.0 Å². The van der Waals surface area contributed by atoms with E-state index >= 15 is 0 Å². The lowest BCUT2D eigenvalue weighted by Gasteiger charge is -2.09. The number of hydrogen-bond acceptors (Lipinski definition) is 8. The predicted molar refractivity (Wildman–Crippen MR) is 132 cm³/mol. The van der Waals surface area contributed by atoms with Crippen LogP contribution >= 0.6 is 46.2 Å². The second kappa shape index (κ2) is 9.62. The lowest BCUT2D eigenvalue weighted by atomic mass is 10.1. The van der Waals surface area contributed by atoms with Crippen molar-refractivity contribution in [3.05, 3.63) is 75.7 Å².